The lowest BCUT2D eigenvalue weighted by atomic mass is 10.1. The van der Waals surface area contributed by atoms with Gasteiger partial charge in [0.15, 0.2) is 0 Å². The molecule has 7 nitrogen and oxygen atoms in total. The third kappa shape index (κ3) is 5.38. The molecule has 0 radical (unpaired) electrons. The molecule has 2 amide bonds. The predicted molar refractivity (Wildman–Crippen MR) is 134 cm³/mol. The molecule has 2 N–H and O–H groups in total. The molecule has 1 aromatic heterocycles. The number of aromatic nitrogens is 1. The second-order valence-corrected chi connectivity index (χ2v) is 8.08. The second kappa shape index (κ2) is 10.1. The fraction of sp³-hybridized carbons (Fsp3) is 0.185. The maximum atomic E-state index is 13.3. The first-order valence-electron chi connectivity index (χ1n) is 10.9. The van der Waals surface area contributed by atoms with E-state index in [1.165, 1.54) is 0 Å². The number of carbonyl (C=O) groups excluding carboxylic acids is 1. The molecule has 174 valence electrons. The fourth-order valence-corrected chi connectivity index (χ4v) is 3.72. The summed E-state index contributed by atoms with van der Waals surface area (Å²) in [4.78, 5) is 30.6. The molecule has 7 heteroatoms. The topological polar surface area (TPSA) is 83.7 Å². The molecule has 0 spiro atoms. The molecule has 0 bridgehead atoms. The molecule has 0 unspecified atom stereocenters. The Morgan fingerprint density at radius 3 is 2.18 bits per heavy atom. The first-order valence-corrected chi connectivity index (χ1v) is 10.9. The number of nitrogens with zero attached hydrogens (tertiary/aromatic N) is 1. The van der Waals surface area contributed by atoms with E-state index in [9.17, 15) is 9.59 Å². The molecule has 3 aromatic carbocycles. The van der Waals surface area contributed by atoms with Gasteiger partial charge in [-0.1, -0.05) is 23.8 Å². The smallest absolute Gasteiger partial charge is 0.322 e. The summed E-state index contributed by atoms with van der Waals surface area (Å²) in [6.07, 6.45) is 0. The number of ether oxygens (including phenoxy) is 2. The molecule has 34 heavy (non-hydrogen) atoms. The highest BCUT2D eigenvalue weighted by atomic mass is 16.5. The zero-order chi connectivity index (χ0) is 24.1. The number of H-pyrrole nitrogens is 1. The number of hydrogen-bond acceptors (Lipinski definition) is 4. The van der Waals surface area contributed by atoms with Crippen molar-refractivity contribution in [3.05, 3.63) is 99.8 Å². The zero-order valence-corrected chi connectivity index (χ0v) is 19.4. The molecule has 0 saturated heterocycles. The maximum absolute atomic E-state index is 13.3. The first kappa shape index (κ1) is 22.9. The highest BCUT2D eigenvalue weighted by Gasteiger charge is 2.17. The number of hydrogen-bond donors (Lipinski definition) is 2. The minimum atomic E-state index is -0.315. The number of fused-ring (bicyclic) bond motifs is 1. The van der Waals surface area contributed by atoms with Crippen molar-refractivity contribution >= 4 is 22.6 Å². The number of urea groups is 1. The summed E-state index contributed by atoms with van der Waals surface area (Å²) >= 11 is 0. The SMILES string of the molecule is COc1ccc(CN(Cc2cc3cc(C)ccc3[nH]c2=O)C(=O)Nc2ccc(OC)cc2)cc1. The quantitative estimate of drug-likeness (QED) is 0.405. The van der Waals surface area contributed by atoms with Crippen LogP contribution in [0, 0.1) is 6.92 Å². The van der Waals surface area contributed by atoms with Crippen molar-refractivity contribution in [3.63, 3.8) is 0 Å². The average Bonchev–Trinajstić information content (AvgIpc) is 2.85. The van der Waals surface area contributed by atoms with Gasteiger partial charge in [-0.05, 0) is 72.5 Å². The number of pyridine rings is 1. The van der Waals surface area contributed by atoms with Crippen molar-refractivity contribution in [3.8, 4) is 11.5 Å². The van der Waals surface area contributed by atoms with Crippen LogP contribution in [-0.4, -0.2) is 30.1 Å². The summed E-state index contributed by atoms with van der Waals surface area (Å²) in [5, 5.41) is 3.84. The number of methoxy groups -OCH3 is 2. The van der Waals surface area contributed by atoms with Crippen LogP contribution in [0.25, 0.3) is 10.9 Å². The van der Waals surface area contributed by atoms with Crippen molar-refractivity contribution in [1.29, 1.82) is 0 Å². The Hall–Kier alpha value is -4.26. The summed E-state index contributed by atoms with van der Waals surface area (Å²) in [6, 6.07) is 22.0. The van der Waals surface area contributed by atoms with E-state index in [4.69, 9.17) is 9.47 Å². The van der Waals surface area contributed by atoms with Crippen LogP contribution < -0.4 is 20.3 Å². The highest BCUT2D eigenvalue weighted by molar-refractivity contribution is 5.89. The Labute approximate surface area is 197 Å². The van der Waals surface area contributed by atoms with Crippen molar-refractivity contribution in [2.75, 3.05) is 19.5 Å². The van der Waals surface area contributed by atoms with E-state index in [0.29, 0.717) is 23.5 Å². The van der Waals surface area contributed by atoms with Gasteiger partial charge in [0, 0.05) is 23.3 Å². The second-order valence-electron chi connectivity index (χ2n) is 8.08. The summed E-state index contributed by atoms with van der Waals surface area (Å²) < 4.78 is 10.4. The van der Waals surface area contributed by atoms with Crippen molar-refractivity contribution < 1.29 is 14.3 Å². The molecule has 0 fully saturated rings. The Morgan fingerprint density at radius 2 is 1.53 bits per heavy atom. The number of carbonyl (C=O) groups is 1. The lowest BCUT2D eigenvalue weighted by Crippen LogP contribution is -2.35. The van der Waals surface area contributed by atoms with E-state index in [2.05, 4.69) is 10.3 Å². The van der Waals surface area contributed by atoms with Crippen LogP contribution in [0.1, 0.15) is 16.7 Å². The van der Waals surface area contributed by atoms with Gasteiger partial charge in [0.05, 0.1) is 20.8 Å². The standard InChI is InChI=1S/C27H27N3O4/c1-18-4-13-25-20(14-18)15-21(26(31)29-25)17-30(16-19-5-9-23(33-2)10-6-19)27(32)28-22-7-11-24(34-3)12-8-22/h4-15H,16-17H2,1-3H3,(H,28,32)(H,29,31). The van der Waals surface area contributed by atoms with E-state index in [-0.39, 0.29) is 18.1 Å². The van der Waals surface area contributed by atoms with Gasteiger partial charge < -0.3 is 24.7 Å². The van der Waals surface area contributed by atoms with Gasteiger partial charge >= 0.3 is 6.03 Å². The third-order valence-electron chi connectivity index (χ3n) is 5.60. The minimum Gasteiger partial charge on any atom is -0.497 e. The predicted octanol–water partition coefficient (Wildman–Crippen LogP) is 5.09. The summed E-state index contributed by atoms with van der Waals surface area (Å²) in [6.45, 7) is 2.47. The molecule has 4 aromatic rings. The van der Waals surface area contributed by atoms with E-state index in [1.54, 1.807) is 43.4 Å². The van der Waals surface area contributed by atoms with Gasteiger partial charge in [0.25, 0.3) is 5.56 Å². The molecule has 0 aliphatic rings. The molecular formula is C27H27N3O4. The monoisotopic (exact) mass is 457 g/mol. The van der Waals surface area contributed by atoms with Gasteiger partial charge in [-0.25, -0.2) is 4.79 Å². The van der Waals surface area contributed by atoms with E-state index in [1.807, 2.05) is 55.5 Å². The van der Waals surface area contributed by atoms with Gasteiger partial charge in [-0.15, -0.1) is 0 Å². The number of amides is 2. The van der Waals surface area contributed by atoms with Gasteiger partial charge in [-0.3, -0.25) is 4.79 Å². The molecular weight excluding hydrogens is 430 g/mol. The molecule has 0 saturated carbocycles. The molecule has 1 heterocycles. The number of aryl methyl sites for hydroxylation is 1. The van der Waals surface area contributed by atoms with Gasteiger partial charge in [-0.2, -0.15) is 0 Å². The Kier molecular flexibility index (Phi) is 6.82. The van der Waals surface area contributed by atoms with Crippen molar-refractivity contribution in [1.82, 2.24) is 9.88 Å². The Balaban J connectivity index is 1.63. The highest BCUT2D eigenvalue weighted by Crippen LogP contribution is 2.19. The fourth-order valence-electron chi connectivity index (χ4n) is 3.72. The maximum Gasteiger partial charge on any atom is 0.322 e. The Morgan fingerprint density at radius 1 is 0.882 bits per heavy atom. The van der Waals surface area contributed by atoms with E-state index in [0.717, 1.165) is 27.8 Å². The Bertz CT molecular complexity index is 1350. The largest absolute Gasteiger partial charge is 0.497 e. The number of anilines is 1. The summed E-state index contributed by atoms with van der Waals surface area (Å²) in [5.74, 6) is 1.44. The van der Waals surface area contributed by atoms with Crippen LogP contribution in [0.5, 0.6) is 11.5 Å². The zero-order valence-electron chi connectivity index (χ0n) is 19.4. The van der Waals surface area contributed by atoms with Gasteiger partial charge in [0.2, 0.25) is 0 Å². The lowest BCUT2D eigenvalue weighted by Gasteiger charge is -2.23. The average molecular weight is 458 g/mol. The number of rotatable bonds is 7. The summed E-state index contributed by atoms with van der Waals surface area (Å²) in [7, 11) is 3.20. The molecule has 0 aliphatic heterocycles. The van der Waals surface area contributed by atoms with E-state index >= 15 is 0 Å². The molecule has 0 aliphatic carbocycles. The molecule has 0 atom stereocenters. The van der Waals surface area contributed by atoms with Crippen LogP contribution in [0.15, 0.2) is 77.6 Å². The minimum absolute atomic E-state index is 0.146. The third-order valence-corrected chi connectivity index (χ3v) is 5.60. The van der Waals surface area contributed by atoms with Crippen LogP contribution in [0.3, 0.4) is 0 Å². The first-order chi connectivity index (χ1) is 16.4. The van der Waals surface area contributed by atoms with Gasteiger partial charge in [0.1, 0.15) is 11.5 Å². The van der Waals surface area contributed by atoms with Crippen LogP contribution in [0.2, 0.25) is 0 Å². The number of aromatic amines is 1. The summed E-state index contributed by atoms with van der Waals surface area (Å²) in [5.41, 5.74) is 3.71. The van der Waals surface area contributed by atoms with Crippen LogP contribution in [-0.2, 0) is 13.1 Å². The van der Waals surface area contributed by atoms with Crippen molar-refractivity contribution in [2.45, 2.75) is 20.0 Å². The van der Waals surface area contributed by atoms with E-state index < -0.39 is 0 Å². The number of benzene rings is 3. The number of nitrogens with one attached hydrogen (secondary N) is 2. The van der Waals surface area contributed by atoms with Crippen LogP contribution >= 0.6 is 0 Å². The lowest BCUT2D eigenvalue weighted by molar-refractivity contribution is 0.206. The van der Waals surface area contributed by atoms with Crippen molar-refractivity contribution in [2.24, 2.45) is 0 Å². The molecule has 4 rings (SSSR count). The van der Waals surface area contributed by atoms with Crippen LogP contribution in [0.4, 0.5) is 10.5 Å². The normalized spacial score (nSPS) is 10.7.